The highest BCUT2D eigenvalue weighted by atomic mass is 16.5. The molecule has 0 aromatic carbocycles. The summed E-state index contributed by atoms with van der Waals surface area (Å²) in [5.41, 5.74) is 5.26. The predicted octanol–water partition coefficient (Wildman–Crippen LogP) is -0.728. The van der Waals surface area contributed by atoms with E-state index >= 15 is 0 Å². The van der Waals surface area contributed by atoms with Crippen molar-refractivity contribution >= 4 is 5.91 Å². The van der Waals surface area contributed by atoms with Crippen LogP contribution in [0.4, 0.5) is 0 Å². The molecule has 17 heavy (non-hydrogen) atoms. The summed E-state index contributed by atoms with van der Waals surface area (Å²) in [5.74, 6) is -0.364. The van der Waals surface area contributed by atoms with Gasteiger partial charge in [-0.3, -0.25) is 4.79 Å². The zero-order valence-electron chi connectivity index (χ0n) is 10.3. The Kier molecular flexibility index (Phi) is 7.11. The Balaban J connectivity index is 1.96. The van der Waals surface area contributed by atoms with Gasteiger partial charge < -0.3 is 25.3 Å². The number of amides is 1. The van der Waals surface area contributed by atoms with Crippen LogP contribution in [0.5, 0.6) is 0 Å². The summed E-state index contributed by atoms with van der Waals surface area (Å²) >= 11 is 0. The van der Waals surface area contributed by atoms with E-state index in [4.69, 9.17) is 19.9 Å². The van der Waals surface area contributed by atoms with Gasteiger partial charge in [0.15, 0.2) is 0 Å². The van der Waals surface area contributed by atoms with E-state index in [9.17, 15) is 4.79 Å². The number of primary amides is 1. The third-order valence-electron chi connectivity index (χ3n) is 2.45. The minimum Gasteiger partial charge on any atom is -0.382 e. The van der Waals surface area contributed by atoms with Crippen LogP contribution in [-0.2, 0) is 19.0 Å². The number of nitrogens with two attached hydrogens (primary N) is 1. The third kappa shape index (κ3) is 7.27. The number of carbonyl (C=O) groups excluding carboxylic acids is 1. The molecule has 1 rings (SSSR count). The highest BCUT2D eigenvalue weighted by molar-refractivity contribution is 5.80. The van der Waals surface area contributed by atoms with Crippen molar-refractivity contribution in [1.29, 1.82) is 0 Å². The first-order chi connectivity index (χ1) is 8.24. The minimum absolute atomic E-state index is 0.305. The van der Waals surface area contributed by atoms with Crippen LogP contribution in [0.25, 0.3) is 0 Å². The zero-order chi connectivity index (χ0) is 12.5. The van der Waals surface area contributed by atoms with Crippen LogP contribution < -0.4 is 11.1 Å². The zero-order valence-corrected chi connectivity index (χ0v) is 10.3. The summed E-state index contributed by atoms with van der Waals surface area (Å²) in [6.45, 7) is 2.39. The molecule has 0 radical (unpaired) electrons. The van der Waals surface area contributed by atoms with E-state index in [1.165, 1.54) is 0 Å². The van der Waals surface area contributed by atoms with E-state index in [0.29, 0.717) is 39.1 Å². The van der Waals surface area contributed by atoms with E-state index < -0.39 is 0 Å². The van der Waals surface area contributed by atoms with Gasteiger partial charge in [-0.2, -0.15) is 0 Å². The Morgan fingerprint density at radius 2 is 1.94 bits per heavy atom. The Bertz CT molecular complexity index is 222. The lowest BCUT2D eigenvalue weighted by molar-refractivity contribution is -0.121. The molecule has 1 aliphatic rings. The molecule has 1 fully saturated rings. The SMILES string of the molecule is COCCOCCOCC(NC1CC1)C(N)=O. The highest BCUT2D eigenvalue weighted by Gasteiger charge is 2.27. The average Bonchev–Trinajstić information content (AvgIpc) is 3.10. The van der Waals surface area contributed by atoms with Gasteiger partial charge in [-0.15, -0.1) is 0 Å². The fourth-order valence-electron chi connectivity index (χ4n) is 1.31. The highest BCUT2D eigenvalue weighted by Crippen LogP contribution is 2.19. The molecule has 0 saturated heterocycles. The van der Waals surface area contributed by atoms with Gasteiger partial charge in [0.05, 0.1) is 33.0 Å². The topological polar surface area (TPSA) is 82.8 Å². The lowest BCUT2D eigenvalue weighted by Gasteiger charge is -2.15. The summed E-state index contributed by atoms with van der Waals surface area (Å²) < 4.78 is 15.4. The van der Waals surface area contributed by atoms with Gasteiger partial charge in [-0.05, 0) is 12.8 Å². The lowest BCUT2D eigenvalue weighted by atomic mass is 10.3. The van der Waals surface area contributed by atoms with E-state index in [2.05, 4.69) is 5.32 Å². The van der Waals surface area contributed by atoms with E-state index in [0.717, 1.165) is 12.8 Å². The standard InChI is InChI=1S/C11H22N2O4/c1-15-4-5-16-6-7-17-8-10(11(12)14)13-9-2-3-9/h9-10,13H,2-8H2,1H3,(H2,12,14). The summed E-state index contributed by atoms with van der Waals surface area (Å²) in [5, 5.41) is 3.14. The van der Waals surface area contributed by atoms with Crippen molar-refractivity contribution in [3.8, 4) is 0 Å². The van der Waals surface area contributed by atoms with Crippen molar-refractivity contribution in [3.05, 3.63) is 0 Å². The Morgan fingerprint density at radius 1 is 1.29 bits per heavy atom. The summed E-state index contributed by atoms with van der Waals surface area (Å²) in [6, 6.07) is 0.0514. The number of rotatable bonds is 11. The maximum Gasteiger partial charge on any atom is 0.236 e. The molecule has 0 aliphatic heterocycles. The van der Waals surface area contributed by atoms with Crippen LogP contribution in [-0.4, -0.2) is 58.1 Å². The molecule has 0 spiro atoms. The molecule has 100 valence electrons. The minimum atomic E-state index is -0.388. The molecule has 6 heteroatoms. The Morgan fingerprint density at radius 3 is 2.53 bits per heavy atom. The first-order valence-electron chi connectivity index (χ1n) is 5.94. The van der Waals surface area contributed by atoms with Crippen LogP contribution in [0.3, 0.4) is 0 Å². The molecule has 0 bridgehead atoms. The van der Waals surface area contributed by atoms with Crippen molar-refractivity contribution in [1.82, 2.24) is 5.32 Å². The predicted molar refractivity (Wildman–Crippen MR) is 62.7 cm³/mol. The summed E-state index contributed by atoms with van der Waals surface area (Å²) in [4.78, 5) is 11.1. The van der Waals surface area contributed by atoms with Crippen LogP contribution in [0.15, 0.2) is 0 Å². The fourth-order valence-corrected chi connectivity index (χ4v) is 1.31. The Hall–Kier alpha value is -0.690. The van der Waals surface area contributed by atoms with Crippen molar-refractivity contribution in [2.24, 2.45) is 5.73 Å². The number of hydrogen-bond donors (Lipinski definition) is 2. The van der Waals surface area contributed by atoms with Crippen LogP contribution in [0.2, 0.25) is 0 Å². The van der Waals surface area contributed by atoms with Gasteiger partial charge >= 0.3 is 0 Å². The van der Waals surface area contributed by atoms with Crippen LogP contribution >= 0.6 is 0 Å². The summed E-state index contributed by atoms with van der Waals surface area (Å²) in [6.07, 6.45) is 2.23. The average molecular weight is 246 g/mol. The number of nitrogens with one attached hydrogen (secondary N) is 1. The number of carbonyl (C=O) groups is 1. The van der Waals surface area contributed by atoms with Crippen molar-refractivity contribution in [2.45, 2.75) is 24.9 Å². The molecule has 0 aromatic rings. The van der Waals surface area contributed by atoms with Gasteiger partial charge in [0, 0.05) is 13.2 Å². The van der Waals surface area contributed by atoms with Gasteiger partial charge in [-0.25, -0.2) is 0 Å². The smallest absolute Gasteiger partial charge is 0.236 e. The molecular formula is C11H22N2O4. The van der Waals surface area contributed by atoms with Gasteiger partial charge in [0.2, 0.25) is 5.91 Å². The second kappa shape index (κ2) is 8.41. The number of hydrogen-bond acceptors (Lipinski definition) is 5. The van der Waals surface area contributed by atoms with E-state index in [1.54, 1.807) is 7.11 Å². The van der Waals surface area contributed by atoms with Crippen molar-refractivity contribution < 1.29 is 19.0 Å². The van der Waals surface area contributed by atoms with E-state index in [-0.39, 0.29) is 11.9 Å². The number of methoxy groups -OCH3 is 1. The number of ether oxygens (including phenoxy) is 3. The van der Waals surface area contributed by atoms with Gasteiger partial charge in [0.1, 0.15) is 6.04 Å². The maximum atomic E-state index is 11.1. The molecule has 0 aromatic heterocycles. The second-order valence-electron chi connectivity index (χ2n) is 4.08. The molecule has 0 heterocycles. The first kappa shape index (κ1) is 14.4. The molecule has 3 N–H and O–H groups in total. The monoisotopic (exact) mass is 246 g/mol. The molecule has 1 amide bonds. The van der Waals surface area contributed by atoms with E-state index in [1.807, 2.05) is 0 Å². The quantitative estimate of drug-likeness (QED) is 0.470. The lowest BCUT2D eigenvalue weighted by Crippen LogP contribution is -2.45. The third-order valence-corrected chi connectivity index (χ3v) is 2.45. The molecule has 1 aliphatic carbocycles. The van der Waals surface area contributed by atoms with Crippen molar-refractivity contribution in [3.63, 3.8) is 0 Å². The maximum absolute atomic E-state index is 11.1. The molecular weight excluding hydrogens is 224 g/mol. The normalized spacial score (nSPS) is 17.0. The fraction of sp³-hybridized carbons (Fsp3) is 0.909. The van der Waals surface area contributed by atoms with Gasteiger partial charge in [0.25, 0.3) is 0 Å². The van der Waals surface area contributed by atoms with Crippen LogP contribution in [0.1, 0.15) is 12.8 Å². The Labute approximate surface area is 102 Å². The second-order valence-corrected chi connectivity index (χ2v) is 4.08. The van der Waals surface area contributed by atoms with Crippen molar-refractivity contribution in [2.75, 3.05) is 40.1 Å². The molecule has 1 saturated carbocycles. The summed E-state index contributed by atoms with van der Waals surface area (Å²) in [7, 11) is 1.63. The van der Waals surface area contributed by atoms with Crippen LogP contribution in [0, 0.1) is 0 Å². The first-order valence-corrected chi connectivity index (χ1v) is 5.94. The largest absolute Gasteiger partial charge is 0.382 e. The van der Waals surface area contributed by atoms with Gasteiger partial charge in [-0.1, -0.05) is 0 Å². The molecule has 6 nitrogen and oxygen atoms in total. The molecule has 1 atom stereocenters. The molecule has 1 unspecified atom stereocenters.